The van der Waals surface area contributed by atoms with E-state index in [4.69, 9.17) is 9.47 Å². The van der Waals surface area contributed by atoms with Crippen LogP contribution >= 0.6 is 11.8 Å². The van der Waals surface area contributed by atoms with Crippen LogP contribution in [0.5, 0.6) is 11.5 Å². The molecule has 1 aromatic rings. The lowest BCUT2D eigenvalue weighted by atomic mass is 9.91. The molecule has 1 saturated carbocycles. The first-order chi connectivity index (χ1) is 9.72. The normalized spacial score (nSPS) is 31.8. The Hall–Kier alpha value is -0.870. The number of thioether (sulfide) groups is 1. The van der Waals surface area contributed by atoms with Gasteiger partial charge in [0.1, 0.15) is 13.2 Å². The van der Waals surface area contributed by atoms with Crippen LogP contribution in [0.4, 0.5) is 0 Å². The largest absolute Gasteiger partial charge is 0.486 e. The summed E-state index contributed by atoms with van der Waals surface area (Å²) in [4.78, 5) is 1.36. The third-order valence-corrected chi connectivity index (χ3v) is 5.99. The van der Waals surface area contributed by atoms with Crippen molar-refractivity contribution in [2.45, 2.75) is 48.9 Å². The number of ether oxygens (including phenoxy) is 2. The van der Waals surface area contributed by atoms with Gasteiger partial charge in [0.05, 0.1) is 0 Å². The number of hydrogen-bond donors (Lipinski definition) is 1. The summed E-state index contributed by atoms with van der Waals surface area (Å²) in [5, 5.41) is 4.45. The highest BCUT2D eigenvalue weighted by Crippen LogP contribution is 2.49. The molecule has 1 aromatic carbocycles. The number of nitrogens with one attached hydrogen (secondary N) is 1. The topological polar surface area (TPSA) is 30.5 Å². The van der Waals surface area contributed by atoms with Gasteiger partial charge in [-0.1, -0.05) is 13.8 Å². The Bertz CT molecular complexity index is 529. The summed E-state index contributed by atoms with van der Waals surface area (Å²) >= 11 is 1.97. The maximum atomic E-state index is 5.76. The quantitative estimate of drug-likeness (QED) is 0.905. The van der Waals surface area contributed by atoms with Gasteiger partial charge in [0.2, 0.25) is 0 Å². The maximum absolute atomic E-state index is 5.76. The number of hydrogen-bond acceptors (Lipinski definition) is 4. The van der Waals surface area contributed by atoms with Gasteiger partial charge < -0.3 is 14.8 Å². The predicted molar refractivity (Wildman–Crippen MR) is 80.8 cm³/mol. The molecule has 1 N–H and O–H groups in total. The molecular weight excluding hydrogens is 270 g/mol. The Balaban J connectivity index is 1.74. The molecule has 1 fully saturated rings. The van der Waals surface area contributed by atoms with Crippen molar-refractivity contribution in [1.29, 1.82) is 0 Å². The van der Waals surface area contributed by atoms with Crippen molar-refractivity contribution in [2.24, 2.45) is 5.92 Å². The summed E-state index contributed by atoms with van der Waals surface area (Å²) in [5.41, 5.74) is 1.40. The van der Waals surface area contributed by atoms with Crippen LogP contribution in [0, 0.1) is 5.92 Å². The summed E-state index contributed by atoms with van der Waals surface area (Å²) in [6.45, 7) is 6.01. The van der Waals surface area contributed by atoms with Gasteiger partial charge in [-0.05, 0) is 36.5 Å². The fourth-order valence-electron chi connectivity index (χ4n) is 3.04. The highest BCUT2D eigenvalue weighted by atomic mass is 32.2. The molecule has 4 heteroatoms. The molecule has 0 bridgehead atoms. The second-order valence-electron chi connectivity index (χ2n) is 6.13. The monoisotopic (exact) mass is 291 g/mol. The van der Waals surface area contributed by atoms with Gasteiger partial charge in [0, 0.05) is 22.2 Å². The molecule has 0 amide bonds. The molecule has 0 spiro atoms. The highest BCUT2D eigenvalue weighted by Gasteiger charge is 2.36. The van der Waals surface area contributed by atoms with E-state index < -0.39 is 0 Å². The van der Waals surface area contributed by atoms with Crippen molar-refractivity contribution < 1.29 is 9.47 Å². The molecule has 1 aliphatic carbocycles. The molecule has 2 aliphatic heterocycles. The Labute approximate surface area is 124 Å². The lowest BCUT2D eigenvalue weighted by Gasteiger charge is -2.37. The van der Waals surface area contributed by atoms with Crippen LogP contribution in [0.1, 0.15) is 38.3 Å². The zero-order valence-electron chi connectivity index (χ0n) is 12.0. The van der Waals surface area contributed by atoms with Crippen molar-refractivity contribution in [1.82, 2.24) is 5.32 Å². The summed E-state index contributed by atoms with van der Waals surface area (Å²) < 4.78 is 11.5. The van der Waals surface area contributed by atoms with Gasteiger partial charge in [-0.2, -0.15) is 0 Å². The average molecular weight is 291 g/mol. The van der Waals surface area contributed by atoms with E-state index in [2.05, 4.69) is 31.3 Å². The predicted octanol–water partition coefficient (Wildman–Crippen LogP) is 3.38. The van der Waals surface area contributed by atoms with Crippen LogP contribution in [0.25, 0.3) is 0 Å². The average Bonchev–Trinajstić information content (AvgIpc) is 3.26. The van der Waals surface area contributed by atoms with Gasteiger partial charge in [-0.3, -0.25) is 0 Å². The number of benzene rings is 1. The van der Waals surface area contributed by atoms with Crippen LogP contribution < -0.4 is 14.8 Å². The van der Waals surface area contributed by atoms with Gasteiger partial charge in [0.15, 0.2) is 11.5 Å². The first kappa shape index (κ1) is 12.8. The van der Waals surface area contributed by atoms with Crippen LogP contribution in [-0.4, -0.2) is 24.5 Å². The van der Waals surface area contributed by atoms with Gasteiger partial charge in [-0.25, -0.2) is 0 Å². The van der Waals surface area contributed by atoms with Gasteiger partial charge >= 0.3 is 0 Å². The molecule has 2 heterocycles. The third-order valence-electron chi connectivity index (χ3n) is 4.58. The standard InChI is InChI=1S/C16H21NO2S/c1-9-10(2)20-15-8-14-13(18-5-6-19-14)7-12(15)16(9)17-11-3-4-11/h7-11,16-17H,3-6H2,1-2H3. The minimum absolute atomic E-state index is 0.449. The Morgan fingerprint density at radius 3 is 2.50 bits per heavy atom. The lowest BCUT2D eigenvalue weighted by Crippen LogP contribution is -2.35. The highest BCUT2D eigenvalue weighted by molar-refractivity contribution is 8.00. The zero-order chi connectivity index (χ0) is 13.7. The van der Waals surface area contributed by atoms with E-state index in [0.717, 1.165) is 17.5 Å². The minimum atomic E-state index is 0.449. The van der Waals surface area contributed by atoms with Gasteiger partial charge in [0.25, 0.3) is 0 Å². The van der Waals surface area contributed by atoms with Crippen molar-refractivity contribution in [2.75, 3.05) is 13.2 Å². The molecule has 3 atom stereocenters. The van der Waals surface area contributed by atoms with E-state index in [-0.39, 0.29) is 0 Å². The van der Waals surface area contributed by atoms with E-state index in [1.54, 1.807) is 0 Å². The van der Waals surface area contributed by atoms with E-state index >= 15 is 0 Å². The lowest BCUT2D eigenvalue weighted by molar-refractivity contribution is 0.170. The van der Waals surface area contributed by atoms with E-state index in [9.17, 15) is 0 Å². The van der Waals surface area contributed by atoms with Crippen molar-refractivity contribution in [3.05, 3.63) is 17.7 Å². The van der Waals surface area contributed by atoms with Crippen LogP contribution in [0.15, 0.2) is 17.0 Å². The SMILES string of the molecule is CC1Sc2cc3c(cc2C(NC2CC2)C1C)OCCO3. The Kier molecular flexibility index (Phi) is 3.11. The fraction of sp³-hybridized carbons (Fsp3) is 0.625. The zero-order valence-corrected chi connectivity index (χ0v) is 12.8. The molecule has 4 rings (SSSR count). The summed E-state index contributed by atoms with van der Waals surface area (Å²) in [6, 6.07) is 5.56. The Morgan fingerprint density at radius 1 is 1.10 bits per heavy atom. The summed E-state index contributed by atoms with van der Waals surface area (Å²) in [6.07, 6.45) is 2.65. The molecule has 0 radical (unpaired) electrons. The molecule has 3 unspecified atom stereocenters. The third kappa shape index (κ3) is 2.19. The first-order valence-electron chi connectivity index (χ1n) is 7.58. The van der Waals surface area contributed by atoms with Crippen LogP contribution in [0.2, 0.25) is 0 Å². The van der Waals surface area contributed by atoms with E-state index in [1.165, 1.54) is 23.3 Å². The maximum Gasteiger partial charge on any atom is 0.162 e. The second kappa shape index (κ2) is 4.85. The Morgan fingerprint density at radius 2 is 1.80 bits per heavy atom. The molecular formula is C16H21NO2S. The minimum Gasteiger partial charge on any atom is -0.486 e. The first-order valence-corrected chi connectivity index (χ1v) is 8.46. The molecule has 0 aromatic heterocycles. The molecule has 20 heavy (non-hydrogen) atoms. The molecule has 3 aliphatic rings. The fourth-order valence-corrected chi connectivity index (χ4v) is 4.31. The van der Waals surface area contributed by atoms with Crippen molar-refractivity contribution in [3.8, 4) is 11.5 Å². The summed E-state index contributed by atoms with van der Waals surface area (Å²) in [7, 11) is 0. The number of fused-ring (bicyclic) bond motifs is 2. The van der Waals surface area contributed by atoms with Crippen molar-refractivity contribution >= 4 is 11.8 Å². The molecule has 3 nitrogen and oxygen atoms in total. The molecule has 0 saturated heterocycles. The second-order valence-corrected chi connectivity index (χ2v) is 7.55. The smallest absolute Gasteiger partial charge is 0.162 e. The van der Waals surface area contributed by atoms with Crippen LogP contribution in [-0.2, 0) is 0 Å². The van der Waals surface area contributed by atoms with Crippen molar-refractivity contribution in [3.63, 3.8) is 0 Å². The van der Waals surface area contributed by atoms with E-state index in [0.29, 0.717) is 30.4 Å². The molecule has 108 valence electrons. The van der Waals surface area contributed by atoms with Crippen LogP contribution in [0.3, 0.4) is 0 Å². The van der Waals surface area contributed by atoms with Gasteiger partial charge in [-0.15, -0.1) is 11.8 Å². The number of rotatable bonds is 2. The van der Waals surface area contributed by atoms with E-state index in [1.807, 2.05) is 11.8 Å². The summed E-state index contributed by atoms with van der Waals surface area (Å²) in [5.74, 6) is 2.46.